The van der Waals surface area contributed by atoms with E-state index < -0.39 is 6.10 Å². The summed E-state index contributed by atoms with van der Waals surface area (Å²) < 4.78 is 12.8. The summed E-state index contributed by atoms with van der Waals surface area (Å²) in [5, 5.41) is 11.3. The third-order valence-corrected chi connectivity index (χ3v) is 5.08. The number of carbonyl (C=O) groups is 1. The fourth-order valence-electron chi connectivity index (χ4n) is 3.30. The van der Waals surface area contributed by atoms with Gasteiger partial charge >= 0.3 is 0 Å². The summed E-state index contributed by atoms with van der Waals surface area (Å²) >= 11 is 0. The zero-order valence-corrected chi connectivity index (χ0v) is 17.4. The number of rotatable bonds is 8. The summed E-state index contributed by atoms with van der Waals surface area (Å²) in [6, 6.07) is 15.4. The number of aryl methyl sites for hydroxylation is 2. The van der Waals surface area contributed by atoms with E-state index in [1.165, 1.54) is 10.5 Å². The summed E-state index contributed by atoms with van der Waals surface area (Å²) in [4.78, 5) is 14.4. The second-order valence-corrected chi connectivity index (χ2v) is 7.16. The molecule has 0 saturated heterocycles. The zero-order valence-electron chi connectivity index (χ0n) is 17.4. The number of aromatic nitrogens is 1. The highest BCUT2D eigenvalue weighted by atomic mass is 16.5. The van der Waals surface area contributed by atoms with E-state index in [4.69, 9.17) is 9.47 Å². The lowest BCUT2D eigenvalue weighted by Crippen LogP contribution is -2.37. The average Bonchev–Trinajstić information content (AvgIpc) is 3.07. The van der Waals surface area contributed by atoms with E-state index in [1.54, 1.807) is 14.2 Å². The van der Waals surface area contributed by atoms with Gasteiger partial charge in [-0.25, -0.2) is 0 Å². The number of benzene rings is 2. The smallest absolute Gasteiger partial charge is 0.270 e. The summed E-state index contributed by atoms with van der Waals surface area (Å²) in [5.41, 5.74) is 2.70. The van der Waals surface area contributed by atoms with Crippen LogP contribution in [0.25, 0.3) is 10.9 Å². The molecule has 6 heteroatoms. The van der Waals surface area contributed by atoms with Crippen LogP contribution >= 0.6 is 0 Å². The second-order valence-electron chi connectivity index (χ2n) is 7.16. The average molecular weight is 396 g/mol. The van der Waals surface area contributed by atoms with E-state index >= 15 is 0 Å². The Balaban J connectivity index is 1.62. The number of fused-ring (bicyclic) bond motifs is 1. The Morgan fingerprint density at radius 1 is 1.14 bits per heavy atom. The maximum absolute atomic E-state index is 12.9. The number of hydrogen-bond donors (Lipinski definition) is 1. The summed E-state index contributed by atoms with van der Waals surface area (Å²) in [7, 11) is 5.15. The van der Waals surface area contributed by atoms with Crippen molar-refractivity contribution >= 4 is 16.8 Å². The molecule has 0 saturated carbocycles. The van der Waals surface area contributed by atoms with E-state index in [9.17, 15) is 9.90 Å². The predicted molar refractivity (Wildman–Crippen MR) is 114 cm³/mol. The van der Waals surface area contributed by atoms with Crippen LogP contribution in [0.15, 0.2) is 48.5 Å². The highest BCUT2D eigenvalue weighted by molar-refractivity contribution is 5.98. The first kappa shape index (κ1) is 20.7. The second kappa shape index (κ2) is 9.01. The first-order valence-electron chi connectivity index (χ1n) is 9.71. The van der Waals surface area contributed by atoms with Gasteiger partial charge in [0.25, 0.3) is 5.91 Å². The molecule has 0 aliphatic rings. The number of hydrogen-bond acceptors (Lipinski definition) is 4. The molecule has 1 unspecified atom stereocenters. The van der Waals surface area contributed by atoms with E-state index in [0.29, 0.717) is 11.4 Å². The lowest BCUT2D eigenvalue weighted by atomic mass is 10.2. The Labute approximate surface area is 171 Å². The number of carbonyl (C=O) groups excluding carboxylic acids is 1. The van der Waals surface area contributed by atoms with Crippen molar-refractivity contribution in [3.05, 3.63) is 59.8 Å². The summed E-state index contributed by atoms with van der Waals surface area (Å²) in [5.74, 6) is 1.29. The fraction of sp³-hybridized carbons (Fsp3) is 0.348. The molecule has 1 aromatic heterocycles. The van der Waals surface area contributed by atoms with Crippen LogP contribution in [-0.4, -0.2) is 53.9 Å². The minimum Gasteiger partial charge on any atom is -0.497 e. The van der Waals surface area contributed by atoms with Crippen LogP contribution in [0.5, 0.6) is 11.5 Å². The number of amides is 1. The molecule has 6 nitrogen and oxygen atoms in total. The van der Waals surface area contributed by atoms with Crippen molar-refractivity contribution in [1.82, 2.24) is 9.47 Å². The van der Waals surface area contributed by atoms with Gasteiger partial charge in [0.2, 0.25) is 0 Å². The Bertz CT molecular complexity index is 978. The van der Waals surface area contributed by atoms with Gasteiger partial charge in [0.15, 0.2) is 0 Å². The van der Waals surface area contributed by atoms with Crippen molar-refractivity contribution in [3.63, 3.8) is 0 Å². The van der Waals surface area contributed by atoms with Gasteiger partial charge in [0.1, 0.15) is 29.9 Å². The van der Waals surface area contributed by atoms with E-state index in [-0.39, 0.29) is 19.1 Å². The molecule has 0 radical (unpaired) electrons. The molecule has 2 aromatic carbocycles. The quantitative estimate of drug-likeness (QED) is 0.635. The molecule has 3 rings (SSSR count). The summed E-state index contributed by atoms with van der Waals surface area (Å²) in [6.45, 7) is 2.39. The highest BCUT2D eigenvalue weighted by Crippen LogP contribution is 2.24. The van der Waals surface area contributed by atoms with Crippen LogP contribution in [0.3, 0.4) is 0 Å². The third kappa shape index (κ3) is 4.71. The van der Waals surface area contributed by atoms with Crippen LogP contribution in [0.4, 0.5) is 0 Å². The van der Waals surface area contributed by atoms with Gasteiger partial charge in [0.05, 0.1) is 12.6 Å². The van der Waals surface area contributed by atoms with E-state index in [0.717, 1.165) is 23.1 Å². The van der Waals surface area contributed by atoms with Crippen LogP contribution in [-0.2, 0) is 13.5 Å². The molecule has 3 aromatic rings. The van der Waals surface area contributed by atoms with Gasteiger partial charge in [-0.1, -0.05) is 19.1 Å². The molecule has 0 aliphatic heterocycles. The molecule has 1 amide bonds. The molecular formula is C23H28N2O4. The lowest BCUT2D eigenvalue weighted by molar-refractivity contribution is 0.0557. The molecule has 0 fully saturated rings. The van der Waals surface area contributed by atoms with Gasteiger partial charge in [0, 0.05) is 32.1 Å². The molecule has 0 spiro atoms. The van der Waals surface area contributed by atoms with Crippen LogP contribution < -0.4 is 9.47 Å². The summed E-state index contributed by atoms with van der Waals surface area (Å²) in [6.07, 6.45) is 0.182. The molecular weight excluding hydrogens is 368 g/mol. The zero-order chi connectivity index (χ0) is 21.0. The fourth-order valence-corrected chi connectivity index (χ4v) is 3.30. The number of aliphatic hydroxyl groups is 1. The van der Waals surface area contributed by atoms with Crippen LogP contribution in [0, 0.1) is 0 Å². The Hall–Kier alpha value is -2.99. The number of likely N-dealkylation sites (N-methyl/N-ethyl adjacent to an activating group) is 1. The minimum atomic E-state index is -0.787. The number of nitrogens with zero attached hydrogens (tertiary/aromatic N) is 2. The maximum Gasteiger partial charge on any atom is 0.270 e. The SMILES string of the molecule is CCc1ccc(OCC(O)CN(C)C(=O)c2cc3ccc(OC)cc3n2C)cc1. The molecule has 1 heterocycles. The van der Waals surface area contributed by atoms with Crippen molar-refractivity contribution < 1.29 is 19.4 Å². The highest BCUT2D eigenvalue weighted by Gasteiger charge is 2.20. The van der Waals surface area contributed by atoms with Crippen molar-refractivity contribution in [2.75, 3.05) is 27.3 Å². The minimum absolute atomic E-state index is 0.120. The Morgan fingerprint density at radius 2 is 1.83 bits per heavy atom. The first-order chi connectivity index (χ1) is 13.9. The first-order valence-corrected chi connectivity index (χ1v) is 9.71. The molecule has 1 atom stereocenters. The molecule has 154 valence electrons. The van der Waals surface area contributed by atoms with E-state index in [1.807, 2.05) is 60.1 Å². The predicted octanol–water partition coefficient (Wildman–Crippen LogP) is 3.26. The normalized spacial score (nSPS) is 12.0. The standard InChI is InChI=1S/C23H28N2O4/c1-5-16-6-9-19(10-7-16)29-15-18(26)14-24(2)23(27)22-12-17-8-11-20(28-4)13-21(17)25(22)3/h6-13,18,26H,5,14-15H2,1-4H3. The largest absolute Gasteiger partial charge is 0.497 e. The van der Waals surface area contributed by atoms with Gasteiger partial charge in [-0.2, -0.15) is 0 Å². The van der Waals surface area contributed by atoms with Crippen molar-refractivity contribution in [2.24, 2.45) is 7.05 Å². The lowest BCUT2D eigenvalue weighted by Gasteiger charge is -2.21. The van der Waals surface area contributed by atoms with Gasteiger partial charge < -0.3 is 24.0 Å². The Morgan fingerprint density at radius 3 is 2.48 bits per heavy atom. The van der Waals surface area contributed by atoms with Crippen molar-refractivity contribution in [2.45, 2.75) is 19.4 Å². The van der Waals surface area contributed by atoms with Crippen molar-refractivity contribution in [1.29, 1.82) is 0 Å². The number of methoxy groups -OCH3 is 1. The number of aliphatic hydroxyl groups excluding tert-OH is 1. The molecule has 0 aliphatic carbocycles. The van der Waals surface area contributed by atoms with Crippen molar-refractivity contribution in [3.8, 4) is 11.5 Å². The molecule has 1 N–H and O–H groups in total. The monoisotopic (exact) mass is 396 g/mol. The van der Waals surface area contributed by atoms with Crippen LogP contribution in [0.2, 0.25) is 0 Å². The maximum atomic E-state index is 12.9. The molecule has 0 bridgehead atoms. The van der Waals surface area contributed by atoms with Gasteiger partial charge in [-0.05, 0) is 42.3 Å². The van der Waals surface area contributed by atoms with Crippen LogP contribution in [0.1, 0.15) is 23.0 Å². The third-order valence-electron chi connectivity index (χ3n) is 5.08. The Kier molecular flexibility index (Phi) is 6.44. The number of ether oxygens (including phenoxy) is 2. The molecule has 29 heavy (non-hydrogen) atoms. The topological polar surface area (TPSA) is 63.9 Å². The van der Waals surface area contributed by atoms with Gasteiger partial charge in [-0.15, -0.1) is 0 Å². The van der Waals surface area contributed by atoms with E-state index in [2.05, 4.69) is 6.92 Å². The van der Waals surface area contributed by atoms with Gasteiger partial charge in [-0.3, -0.25) is 4.79 Å².